The van der Waals surface area contributed by atoms with E-state index in [-0.39, 0.29) is 17.6 Å². The van der Waals surface area contributed by atoms with Crippen molar-refractivity contribution in [2.45, 2.75) is 18.1 Å². The average Bonchev–Trinajstić information content (AvgIpc) is 3.20. The van der Waals surface area contributed by atoms with Gasteiger partial charge in [-0.2, -0.15) is 0 Å². The Kier molecular flexibility index (Phi) is 4.54. The smallest absolute Gasteiger partial charge is 0.321 e. The van der Waals surface area contributed by atoms with Gasteiger partial charge in [0.2, 0.25) is 0 Å². The Morgan fingerprint density at radius 2 is 2.14 bits per heavy atom. The fourth-order valence-corrected chi connectivity index (χ4v) is 4.87. The van der Waals surface area contributed by atoms with Crippen LogP contribution in [-0.2, 0) is 11.3 Å². The van der Waals surface area contributed by atoms with E-state index in [0.717, 1.165) is 50.7 Å². The van der Waals surface area contributed by atoms with E-state index in [0.29, 0.717) is 13.2 Å². The summed E-state index contributed by atoms with van der Waals surface area (Å²) < 4.78 is 5.73. The number of hydrogen-bond donors (Lipinski definition) is 2. The van der Waals surface area contributed by atoms with E-state index in [1.54, 1.807) is 6.33 Å². The number of morpholine rings is 1. The molecule has 3 aliphatic rings. The molecule has 0 saturated carbocycles. The summed E-state index contributed by atoms with van der Waals surface area (Å²) in [4.78, 5) is 27.2. The highest BCUT2D eigenvalue weighted by atomic mass is 16.5. The Bertz CT molecular complexity index is 805. The number of fused-ring (bicyclic) bond motifs is 2. The second-order valence-corrected chi connectivity index (χ2v) is 8.05. The van der Waals surface area contributed by atoms with Crippen molar-refractivity contribution in [3.63, 3.8) is 0 Å². The number of nitrogens with one attached hydrogen (secondary N) is 2. The first-order valence-electron chi connectivity index (χ1n) is 9.87. The molecule has 148 valence electrons. The zero-order valence-corrected chi connectivity index (χ0v) is 15.9. The van der Waals surface area contributed by atoms with Gasteiger partial charge in [-0.3, -0.25) is 9.80 Å². The van der Waals surface area contributed by atoms with Crippen molar-refractivity contribution in [1.29, 1.82) is 0 Å². The largest absolute Gasteiger partial charge is 0.378 e. The minimum Gasteiger partial charge on any atom is -0.378 e. The molecule has 0 aliphatic carbocycles. The van der Waals surface area contributed by atoms with Gasteiger partial charge in [-0.25, -0.2) is 9.78 Å². The summed E-state index contributed by atoms with van der Waals surface area (Å²) >= 11 is 0. The molecule has 1 aromatic heterocycles. The number of piperazine rings is 1. The number of rotatable bonds is 3. The third-order valence-electron chi connectivity index (χ3n) is 6.05. The number of likely N-dealkylation sites (tertiary alicyclic amines) is 1. The van der Waals surface area contributed by atoms with Gasteiger partial charge in [0.1, 0.15) is 0 Å². The Balaban J connectivity index is 1.29. The normalized spacial score (nSPS) is 24.6. The first-order valence-corrected chi connectivity index (χ1v) is 9.87. The molecule has 2 N–H and O–H groups in total. The number of H-pyrrole nitrogens is 1. The SMILES string of the molecule is O=C(Nc1ccccc1)N1CC2COCCN2C2(CN(Cc3cnc[nH]3)C2)C1. The second-order valence-electron chi connectivity index (χ2n) is 8.05. The maximum Gasteiger partial charge on any atom is 0.321 e. The highest BCUT2D eigenvalue weighted by Gasteiger charge is 2.54. The zero-order valence-electron chi connectivity index (χ0n) is 15.9. The van der Waals surface area contributed by atoms with E-state index in [1.807, 2.05) is 41.4 Å². The van der Waals surface area contributed by atoms with Crippen LogP contribution >= 0.6 is 0 Å². The molecular formula is C20H26N6O2. The molecule has 5 rings (SSSR count). The number of nitrogens with zero attached hydrogens (tertiary/aromatic N) is 4. The van der Waals surface area contributed by atoms with Crippen LogP contribution < -0.4 is 5.32 Å². The van der Waals surface area contributed by atoms with Gasteiger partial charge in [-0.05, 0) is 12.1 Å². The number of aromatic amines is 1. The molecule has 2 aromatic rings. The van der Waals surface area contributed by atoms with Crippen molar-refractivity contribution in [2.24, 2.45) is 0 Å². The summed E-state index contributed by atoms with van der Waals surface area (Å²) in [7, 11) is 0. The lowest BCUT2D eigenvalue weighted by molar-refractivity contribution is -0.159. The summed E-state index contributed by atoms with van der Waals surface area (Å²) in [5.74, 6) is 0. The zero-order chi connectivity index (χ0) is 19.0. The third-order valence-corrected chi connectivity index (χ3v) is 6.05. The minimum absolute atomic E-state index is 0.0146. The van der Waals surface area contributed by atoms with Gasteiger partial charge in [0.25, 0.3) is 0 Å². The number of carbonyl (C=O) groups excluding carboxylic acids is 1. The fourth-order valence-electron chi connectivity index (χ4n) is 4.87. The van der Waals surface area contributed by atoms with Crippen LogP contribution in [0.3, 0.4) is 0 Å². The number of hydrogen-bond acceptors (Lipinski definition) is 5. The molecule has 8 heteroatoms. The molecule has 0 bridgehead atoms. The number of urea groups is 1. The number of carbonyl (C=O) groups is 1. The van der Waals surface area contributed by atoms with Gasteiger partial charge in [0, 0.05) is 56.8 Å². The van der Waals surface area contributed by atoms with Crippen LogP contribution in [0.15, 0.2) is 42.9 Å². The predicted octanol–water partition coefficient (Wildman–Crippen LogP) is 1.21. The molecule has 4 heterocycles. The Morgan fingerprint density at radius 3 is 2.93 bits per heavy atom. The molecule has 1 unspecified atom stereocenters. The molecule has 0 radical (unpaired) electrons. The number of aromatic nitrogens is 2. The standard InChI is InChI=1S/C20H26N6O2/c27-19(23-16-4-2-1-3-5-16)25-10-18-11-28-7-6-26(18)20(14-25)12-24(13-20)9-17-8-21-15-22-17/h1-5,8,15,18H,6-7,9-14H2,(H,21,22)(H,23,27). The van der Waals surface area contributed by atoms with Crippen LogP contribution in [0.2, 0.25) is 0 Å². The molecule has 3 saturated heterocycles. The third kappa shape index (κ3) is 3.28. The number of ether oxygens (including phenoxy) is 1. The summed E-state index contributed by atoms with van der Waals surface area (Å²) in [5, 5.41) is 3.04. The summed E-state index contributed by atoms with van der Waals surface area (Å²) in [6, 6.07) is 9.89. The van der Waals surface area contributed by atoms with E-state index in [9.17, 15) is 4.79 Å². The van der Waals surface area contributed by atoms with Gasteiger partial charge in [-0.1, -0.05) is 18.2 Å². The van der Waals surface area contributed by atoms with Crippen LogP contribution in [0, 0.1) is 0 Å². The highest BCUT2D eigenvalue weighted by molar-refractivity contribution is 5.89. The predicted molar refractivity (Wildman–Crippen MR) is 105 cm³/mol. The van der Waals surface area contributed by atoms with Gasteiger partial charge in [0.05, 0.1) is 31.1 Å². The van der Waals surface area contributed by atoms with Crippen molar-refractivity contribution in [2.75, 3.05) is 51.3 Å². The van der Waals surface area contributed by atoms with Crippen LogP contribution in [0.5, 0.6) is 0 Å². The van der Waals surface area contributed by atoms with Gasteiger partial charge >= 0.3 is 6.03 Å². The van der Waals surface area contributed by atoms with E-state index in [2.05, 4.69) is 25.1 Å². The van der Waals surface area contributed by atoms with Crippen molar-refractivity contribution >= 4 is 11.7 Å². The lowest BCUT2D eigenvalue weighted by Gasteiger charge is -2.63. The maximum atomic E-state index is 12.9. The maximum absolute atomic E-state index is 12.9. The Labute approximate surface area is 164 Å². The molecule has 3 fully saturated rings. The van der Waals surface area contributed by atoms with Crippen molar-refractivity contribution in [1.82, 2.24) is 24.7 Å². The molecule has 1 aromatic carbocycles. The topological polar surface area (TPSA) is 76.7 Å². The number of benzene rings is 1. The average molecular weight is 382 g/mol. The molecule has 2 amide bonds. The van der Waals surface area contributed by atoms with Gasteiger partial charge < -0.3 is 19.9 Å². The highest BCUT2D eigenvalue weighted by Crippen LogP contribution is 2.36. The van der Waals surface area contributed by atoms with E-state index in [4.69, 9.17) is 4.74 Å². The molecule has 1 atom stereocenters. The second kappa shape index (κ2) is 7.20. The molecule has 3 aliphatic heterocycles. The Hall–Kier alpha value is -2.42. The monoisotopic (exact) mass is 382 g/mol. The first kappa shape index (κ1) is 17.7. The number of anilines is 1. The molecule has 8 nitrogen and oxygen atoms in total. The molecule has 28 heavy (non-hydrogen) atoms. The minimum atomic E-state index is -0.0252. The number of para-hydroxylation sites is 1. The van der Waals surface area contributed by atoms with E-state index >= 15 is 0 Å². The van der Waals surface area contributed by atoms with Gasteiger partial charge in [0.15, 0.2) is 0 Å². The summed E-state index contributed by atoms with van der Waals surface area (Å²) in [5.41, 5.74) is 1.97. The lowest BCUT2D eigenvalue weighted by Crippen LogP contribution is -2.80. The van der Waals surface area contributed by atoms with Crippen LogP contribution in [0.1, 0.15) is 5.69 Å². The number of amides is 2. The summed E-state index contributed by atoms with van der Waals surface area (Å²) in [6.07, 6.45) is 3.60. The number of imidazole rings is 1. The molecular weight excluding hydrogens is 356 g/mol. The van der Waals surface area contributed by atoms with Crippen molar-refractivity contribution in [3.05, 3.63) is 48.5 Å². The lowest BCUT2D eigenvalue weighted by atomic mass is 9.82. The van der Waals surface area contributed by atoms with Crippen molar-refractivity contribution < 1.29 is 9.53 Å². The van der Waals surface area contributed by atoms with Crippen LogP contribution in [0.4, 0.5) is 10.5 Å². The van der Waals surface area contributed by atoms with Crippen LogP contribution in [-0.4, -0.2) is 88.2 Å². The van der Waals surface area contributed by atoms with Gasteiger partial charge in [-0.15, -0.1) is 0 Å². The summed E-state index contributed by atoms with van der Waals surface area (Å²) in [6.45, 7) is 6.65. The van der Waals surface area contributed by atoms with Crippen LogP contribution in [0.25, 0.3) is 0 Å². The fraction of sp³-hybridized carbons (Fsp3) is 0.500. The van der Waals surface area contributed by atoms with E-state index < -0.39 is 0 Å². The quantitative estimate of drug-likeness (QED) is 0.835. The van der Waals surface area contributed by atoms with Crippen molar-refractivity contribution in [3.8, 4) is 0 Å². The molecule has 1 spiro atoms. The Morgan fingerprint density at radius 1 is 1.29 bits per heavy atom. The first-order chi connectivity index (χ1) is 13.7. The van der Waals surface area contributed by atoms with E-state index in [1.165, 1.54) is 0 Å².